The largest absolute Gasteiger partial charge is 0.345 e. The first-order valence-corrected chi connectivity index (χ1v) is 6.38. The molecule has 0 aliphatic carbocycles. The summed E-state index contributed by atoms with van der Waals surface area (Å²) < 4.78 is 0. The summed E-state index contributed by atoms with van der Waals surface area (Å²) in [5, 5.41) is 10.7. The lowest BCUT2D eigenvalue weighted by Gasteiger charge is -2.14. The van der Waals surface area contributed by atoms with Crippen LogP contribution in [0.15, 0.2) is 48.9 Å². The number of carbonyl (C=O) groups excluding carboxylic acids is 1. The number of hydrogen-bond donors (Lipinski definition) is 2. The molecule has 5 nitrogen and oxygen atoms in total. The van der Waals surface area contributed by atoms with Crippen LogP contribution in [0.4, 0.5) is 0 Å². The fourth-order valence-corrected chi connectivity index (χ4v) is 2.17. The Morgan fingerprint density at radius 3 is 2.85 bits per heavy atom. The van der Waals surface area contributed by atoms with Crippen molar-refractivity contribution in [2.24, 2.45) is 0 Å². The molecule has 3 rings (SSSR count). The summed E-state index contributed by atoms with van der Waals surface area (Å²) in [7, 11) is 0. The number of rotatable bonds is 3. The summed E-state index contributed by atoms with van der Waals surface area (Å²) in [4.78, 5) is 16.3. The molecule has 20 heavy (non-hydrogen) atoms. The second-order valence-corrected chi connectivity index (χ2v) is 4.62. The van der Waals surface area contributed by atoms with E-state index >= 15 is 0 Å². The Kier molecular flexibility index (Phi) is 3.16. The van der Waals surface area contributed by atoms with E-state index in [1.165, 1.54) is 0 Å². The molecular weight excluding hydrogens is 252 g/mol. The van der Waals surface area contributed by atoms with Gasteiger partial charge in [-0.3, -0.25) is 14.9 Å². The van der Waals surface area contributed by atoms with Crippen molar-refractivity contribution in [3.8, 4) is 0 Å². The second-order valence-electron chi connectivity index (χ2n) is 4.62. The van der Waals surface area contributed by atoms with E-state index in [-0.39, 0.29) is 11.9 Å². The lowest BCUT2D eigenvalue weighted by molar-refractivity contribution is 0.0941. The number of hydrogen-bond acceptors (Lipinski definition) is 3. The molecule has 0 spiro atoms. The average molecular weight is 266 g/mol. The quantitative estimate of drug-likeness (QED) is 0.765. The van der Waals surface area contributed by atoms with Gasteiger partial charge in [0.2, 0.25) is 0 Å². The zero-order valence-electron chi connectivity index (χ0n) is 11.0. The van der Waals surface area contributed by atoms with Crippen molar-refractivity contribution in [2.75, 3.05) is 0 Å². The highest BCUT2D eigenvalue weighted by molar-refractivity contribution is 6.05. The van der Waals surface area contributed by atoms with E-state index in [9.17, 15) is 4.79 Å². The predicted molar refractivity (Wildman–Crippen MR) is 76.2 cm³/mol. The third-order valence-corrected chi connectivity index (χ3v) is 3.28. The third kappa shape index (κ3) is 2.25. The fraction of sp³-hybridized carbons (Fsp3) is 0.133. The first-order valence-electron chi connectivity index (χ1n) is 6.38. The van der Waals surface area contributed by atoms with Crippen molar-refractivity contribution >= 4 is 16.8 Å². The highest BCUT2D eigenvalue weighted by Crippen LogP contribution is 2.17. The van der Waals surface area contributed by atoms with Gasteiger partial charge < -0.3 is 5.32 Å². The van der Waals surface area contributed by atoms with E-state index < -0.39 is 0 Å². The SMILES string of the molecule is CC(NC(=O)c1cccc2cn[nH]c12)c1ccncc1. The van der Waals surface area contributed by atoms with Crippen LogP contribution >= 0.6 is 0 Å². The molecule has 0 radical (unpaired) electrons. The van der Waals surface area contributed by atoms with Gasteiger partial charge in [0.15, 0.2) is 0 Å². The van der Waals surface area contributed by atoms with Crippen molar-refractivity contribution in [1.82, 2.24) is 20.5 Å². The van der Waals surface area contributed by atoms with E-state index in [0.717, 1.165) is 16.5 Å². The van der Waals surface area contributed by atoms with Crippen molar-refractivity contribution in [2.45, 2.75) is 13.0 Å². The van der Waals surface area contributed by atoms with Crippen molar-refractivity contribution < 1.29 is 4.79 Å². The molecule has 0 fully saturated rings. The van der Waals surface area contributed by atoms with E-state index in [4.69, 9.17) is 0 Å². The summed E-state index contributed by atoms with van der Waals surface area (Å²) in [5.74, 6) is -0.121. The Balaban J connectivity index is 1.85. The molecule has 0 aliphatic heterocycles. The Morgan fingerprint density at radius 2 is 2.05 bits per heavy atom. The molecule has 0 bridgehead atoms. The van der Waals surface area contributed by atoms with E-state index in [1.807, 2.05) is 31.2 Å². The smallest absolute Gasteiger partial charge is 0.253 e. The van der Waals surface area contributed by atoms with Crippen molar-refractivity contribution in [1.29, 1.82) is 0 Å². The normalized spacial score (nSPS) is 12.2. The van der Waals surface area contributed by atoms with E-state index in [1.54, 1.807) is 24.7 Å². The van der Waals surface area contributed by atoms with Gasteiger partial charge in [-0.05, 0) is 30.7 Å². The number of amides is 1. The average Bonchev–Trinajstić information content (AvgIpc) is 2.96. The van der Waals surface area contributed by atoms with Crippen LogP contribution in [0.1, 0.15) is 28.9 Å². The van der Waals surface area contributed by atoms with Gasteiger partial charge in [-0.25, -0.2) is 0 Å². The standard InChI is InChI=1S/C15H14N4O/c1-10(11-5-7-16-8-6-11)18-15(20)13-4-2-3-12-9-17-19-14(12)13/h2-10H,1H3,(H,17,19)(H,18,20). The van der Waals surface area contributed by atoms with Gasteiger partial charge in [0.05, 0.1) is 23.3 Å². The van der Waals surface area contributed by atoms with Crippen LogP contribution in [-0.4, -0.2) is 21.1 Å². The first-order chi connectivity index (χ1) is 9.75. The summed E-state index contributed by atoms with van der Waals surface area (Å²) in [5.41, 5.74) is 2.37. The monoisotopic (exact) mass is 266 g/mol. The number of para-hydroxylation sites is 1. The predicted octanol–water partition coefficient (Wildman–Crippen LogP) is 2.45. The molecule has 0 saturated carbocycles. The van der Waals surface area contributed by atoms with Crippen LogP contribution in [0.3, 0.4) is 0 Å². The van der Waals surface area contributed by atoms with Gasteiger partial charge in [0.1, 0.15) is 0 Å². The van der Waals surface area contributed by atoms with Gasteiger partial charge in [-0.15, -0.1) is 0 Å². The van der Waals surface area contributed by atoms with Gasteiger partial charge in [0, 0.05) is 17.8 Å². The number of benzene rings is 1. The van der Waals surface area contributed by atoms with Crippen LogP contribution < -0.4 is 5.32 Å². The molecule has 100 valence electrons. The Hall–Kier alpha value is -2.69. The number of aromatic amines is 1. The maximum atomic E-state index is 12.4. The minimum absolute atomic E-state index is 0.0799. The fourth-order valence-electron chi connectivity index (χ4n) is 2.17. The van der Waals surface area contributed by atoms with Crippen LogP contribution in [0, 0.1) is 0 Å². The number of carbonyl (C=O) groups is 1. The maximum absolute atomic E-state index is 12.4. The highest BCUT2D eigenvalue weighted by atomic mass is 16.1. The number of aromatic nitrogens is 3. The summed E-state index contributed by atoms with van der Waals surface area (Å²) >= 11 is 0. The maximum Gasteiger partial charge on any atom is 0.253 e. The molecule has 1 amide bonds. The first kappa shape index (κ1) is 12.3. The molecule has 0 aliphatic rings. The van der Waals surface area contributed by atoms with Gasteiger partial charge in [0.25, 0.3) is 5.91 Å². The second kappa shape index (κ2) is 5.13. The topological polar surface area (TPSA) is 70.7 Å². The molecule has 2 N–H and O–H groups in total. The van der Waals surface area contributed by atoms with Crippen molar-refractivity contribution in [3.63, 3.8) is 0 Å². The lowest BCUT2D eigenvalue weighted by Crippen LogP contribution is -2.26. The Morgan fingerprint density at radius 1 is 1.25 bits per heavy atom. The van der Waals surface area contributed by atoms with Gasteiger partial charge >= 0.3 is 0 Å². The molecule has 2 aromatic heterocycles. The van der Waals surface area contributed by atoms with E-state index in [0.29, 0.717) is 5.56 Å². The van der Waals surface area contributed by atoms with E-state index in [2.05, 4.69) is 20.5 Å². The van der Waals surface area contributed by atoms with Crippen LogP contribution in [0.5, 0.6) is 0 Å². The number of H-pyrrole nitrogens is 1. The molecule has 1 unspecified atom stereocenters. The Bertz CT molecular complexity index is 736. The lowest BCUT2D eigenvalue weighted by atomic mass is 10.1. The zero-order valence-corrected chi connectivity index (χ0v) is 11.0. The minimum atomic E-state index is -0.121. The molecular formula is C15H14N4O. The number of nitrogens with one attached hydrogen (secondary N) is 2. The zero-order chi connectivity index (χ0) is 13.9. The highest BCUT2D eigenvalue weighted by Gasteiger charge is 2.14. The molecule has 1 aromatic carbocycles. The van der Waals surface area contributed by atoms with Crippen molar-refractivity contribution in [3.05, 3.63) is 60.0 Å². The molecule has 0 saturated heterocycles. The minimum Gasteiger partial charge on any atom is -0.345 e. The molecule has 5 heteroatoms. The summed E-state index contributed by atoms with van der Waals surface area (Å²) in [6, 6.07) is 9.26. The number of nitrogens with zero attached hydrogens (tertiary/aromatic N) is 2. The summed E-state index contributed by atoms with van der Waals surface area (Å²) in [6.45, 7) is 1.94. The van der Waals surface area contributed by atoms with Crippen LogP contribution in [0.2, 0.25) is 0 Å². The summed E-state index contributed by atoms with van der Waals surface area (Å²) in [6.07, 6.45) is 5.14. The molecule has 3 aromatic rings. The van der Waals surface area contributed by atoms with Crippen LogP contribution in [0.25, 0.3) is 10.9 Å². The molecule has 1 atom stereocenters. The number of fused-ring (bicyclic) bond motifs is 1. The third-order valence-electron chi connectivity index (χ3n) is 3.28. The number of pyridine rings is 1. The van der Waals surface area contributed by atoms with Gasteiger partial charge in [-0.1, -0.05) is 12.1 Å². The van der Waals surface area contributed by atoms with Crippen LogP contribution in [-0.2, 0) is 0 Å². The van der Waals surface area contributed by atoms with Gasteiger partial charge in [-0.2, -0.15) is 5.10 Å². The Labute approximate surface area is 116 Å². The molecule has 2 heterocycles.